The van der Waals surface area contributed by atoms with Gasteiger partial charge in [-0.3, -0.25) is 0 Å². The molecule has 0 spiro atoms. The summed E-state index contributed by atoms with van der Waals surface area (Å²) in [4.78, 5) is 0. The zero-order chi connectivity index (χ0) is 10.1. The van der Waals surface area contributed by atoms with E-state index >= 15 is 0 Å². The van der Waals surface area contributed by atoms with Crippen molar-refractivity contribution in [3.05, 3.63) is 0 Å². The molecule has 4 N–H and O–H groups in total. The molecule has 0 aliphatic heterocycles. The summed E-state index contributed by atoms with van der Waals surface area (Å²) < 4.78 is 5.19. The SMILES string of the molecule is CCCOCC(O)CNC(C)CN. The molecule has 2 unspecified atom stereocenters. The molecule has 0 aromatic rings. The zero-order valence-corrected chi connectivity index (χ0v) is 8.62. The molecular formula is C9H22N2O2. The third kappa shape index (κ3) is 8.18. The van der Waals surface area contributed by atoms with Gasteiger partial charge in [-0.15, -0.1) is 0 Å². The molecule has 0 saturated carbocycles. The van der Waals surface area contributed by atoms with E-state index in [1.54, 1.807) is 0 Å². The van der Waals surface area contributed by atoms with E-state index in [4.69, 9.17) is 10.5 Å². The van der Waals surface area contributed by atoms with Crippen molar-refractivity contribution in [2.75, 3.05) is 26.3 Å². The second kappa shape index (κ2) is 8.44. The van der Waals surface area contributed by atoms with Crippen molar-refractivity contribution in [2.24, 2.45) is 5.73 Å². The Labute approximate surface area is 80.5 Å². The van der Waals surface area contributed by atoms with Crippen LogP contribution in [-0.2, 0) is 4.74 Å². The topological polar surface area (TPSA) is 67.5 Å². The summed E-state index contributed by atoms with van der Waals surface area (Å²) in [7, 11) is 0. The Morgan fingerprint density at radius 1 is 1.54 bits per heavy atom. The van der Waals surface area contributed by atoms with Crippen LogP contribution in [0.3, 0.4) is 0 Å². The van der Waals surface area contributed by atoms with Gasteiger partial charge in [0.15, 0.2) is 0 Å². The maximum atomic E-state index is 9.39. The Morgan fingerprint density at radius 3 is 2.77 bits per heavy atom. The fraction of sp³-hybridized carbons (Fsp3) is 1.00. The Morgan fingerprint density at radius 2 is 2.23 bits per heavy atom. The van der Waals surface area contributed by atoms with E-state index in [9.17, 15) is 5.11 Å². The minimum absolute atomic E-state index is 0.251. The smallest absolute Gasteiger partial charge is 0.0897 e. The number of hydrogen-bond donors (Lipinski definition) is 3. The first kappa shape index (κ1) is 12.8. The minimum Gasteiger partial charge on any atom is -0.389 e. The third-order valence-corrected chi connectivity index (χ3v) is 1.71. The average Bonchev–Trinajstić information content (AvgIpc) is 2.14. The van der Waals surface area contributed by atoms with Gasteiger partial charge in [0.2, 0.25) is 0 Å². The van der Waals surface area contributed by atoms with Crippen LogP contribution in [0.5, 0.6) is 0 Å². The monoisotopic (exact) mass is 190 g/mol. The predicted molar refractivity (Wildman–Crippen MR) is 53.6 cm³/mol. The molecule has 0 bridgehead atoms. The van der Waals surface area contributed by atoms with Crippen molar-refractivity contribution in [2.45, 2.75) is 32.4 Å². The molecule has 0 heterocycles. The summed E-state index contributed by atoms with van der Waals surface area (Å²) in [6.45, 7) is 6.27. The molecule has 0 saturated heterocycles. The maximum Gasteiger partial charge on any atom is 0.0897 e. The fourth-order valence-electron chi connectivity index (χ4n) is 0.843. The lowest BCUT2D eigenvalue weighted by molar-refractivity contribution is 0.0363. The molecule has 4 heteroatoms. The molecule has 2 atom stereocenters. The molecular weight excluding hydrogens is 168 g/mol. The van der Waals surface area contributed by atoms with E-state index in [0.29, 0.717) is 26.3 Å². The van der Waals surface area contributed by atoms with E-state index in [1.807, 2.05) is 13.8 Å². The molecule has 0 aromatic carbocycles. The van der Waals surface area contributed by atoms with Crippen molar-refractivity contribution in [3.63, 3.8) is 0 Å². The molecule has 0 aliphatic carbocycles. The van der Waals surface area contributed by atoms with Crippen molar-refractivity contribution in [3.8, 4) is 0 Å². The summed E-state index contributed by atoms with van der Waals surface area (Å²) in [6.07, 6.45) is 0.555. The van der Waals surface area contributed by atoms with Gasteiger partial charge in [0.25, 0.3) is 0 Å². The Hall–Kier alpha value is -0.160. The van der Waals surface area contributed by atoms with Crippen molar-refractivity contribution in [1.82, 2.24) is 5.32 Å². The average molecular weight is 190 g/mol. The fourth-order valence-corrected chi connectivity index (χ4v) is 0.843. The lowest BCUT2D eigenvalue weighted by Gasteiger charge is -2.15. The number of rotatable bonds is 8. The van der Waals surface area contributed by atoms with E-state index in [-0.39, 0.29) is 6.04 Å². The number of hydrogen-bond acceptors (Lipinski definition) is 4. The number of nitrogens with one attached hydrogen (secondary N) is 1. The Balaban J connectivity index is 3.24. The highest BCUT2D eigenvalue weighted by Gasteiger charge is 2.05. The second-order valence-corrected chi connectivity index (χ2v) is 3.27. The van der Waals surface area contributed by atoms with Crippen LogP contribution in [0.4, 0.5) is 0 Å². The van der Waals surface area contributed by atoms with Crippen molar-refractivity contribution < 1.29 is 9.84 Å². The van der Waals surface area contributed by atoms with Gasteiger partial charge in [-0.05, 0) is 13.3 Å². The largest absolute Gasteiger partial charge is 0.389 e. The normalized spacial score (nSPS) is 15.7. The summed E-state index contributed by atoms with van der Waals surface area (Å²) in [5.74, 6) is 0. The summed E-state index contributed by atoms with van der Waals surface area (Å²) >= 11 is 0. The van der Waals surface area contributed by atoms with Crippen LogP contribution in [0.1, 0.15) is 20.3 Å². The number of aliphatic hydroxyl groups is 1. The Bertz CT molecular complexity index is 112. The lowest BCUT2D eigenvalue weighted by atomic mass is 10.3. The first-order valence-corrected chi connectivity index (χ1v) is 4.90. The molecule has 13 heavy (non-hydrogen) atoms. The van der Waals surface area contributed by atoms with Crippen LogP contribution in [0, 0.1) is 0 Å². The molecule has 80 valence electrons. The van der Waals surface area contributed by atoms with Gasteiger partial charge in [-0.1, -0.05) is 6.92 Å². The van der Waals surface area contributed by atoms with Crippen LogP contribution in [0.25, 0.3) is 0 Å². The van der Waals surface area contributed by atoms with Gasteiger partial charge in [0, 0.05) is 25.7 Å². The summed E-state index contributed by atoms with van der Waals surface area (Å²) in [5, 5.41) is 12.5. The van der Waals surface area contributed by atoms with E-state index in [0.717, 1.165) is 6.42 Å². The number of ether oxygens (including phenoxy) is 1. The van der Waals surface area contributed by atoms with Gasteiger partial charge in [-0.2, -0.15) is 0 Å². The van der Waals surface area contributed by atoms with Gasteiger partial charge in [-0.25, -0.2) is 0 Å². The highest BCUT2D eigenvalue weighted by atomic mass is 16.5. The quantitative estimate of drug-likeness (QED) is 0.460. The molecule has 0 radical (unpaired) electrons. The maximum absolute atomic E-state index is 9.39. The number of nitrogens with two attached hydrogens (primary N) is 1. The highest BCUT2D eigenvalue weighted by molar-refractivity contribution is 4.64. The predicted octanol–water partition coefficient (Wildman–Crippen LogP) is -0.289. The molecule has 0 fully saturated rings. The molecule has 4 nitrogen and oxygen atoms in total. The summed E-state index contributed by atoms with van der Waals surface area (Å²) in [5.41, 5.74) is 5.40. The molecule has 0 aliphatic rings. The van der Waals surface area contributed by atoms with Crippen molar-refractivity contribution in [1.29, 1.82) is 0 Å². The van der Waals surface area contributed by atoms with Crippen LogP contribution in [0.2, 0.25) is 0 Å². The zero-order valence-electron chi connectivity index (χ0n) is 8.62. The van der Waals surface area contributed by atoms with E-state index in [2.05, 4.69) is 5.32 Å². The second-order valence-electron chi connectivity index (χ2n) is 3.27. The first-order valence-electron chi connectivity index (χ1n) is 4.90. The van der Waals surface area contributed by atoms with Crippen LogP contribution in [-0.4, -0.2) is 43.6 Å². The Kier molecular flexibility index (Phi) is 8.33. The molecule has 0 rings (SSSR count). The highest BCUT2D eigenvalue weighted by Crippen LogP contribution is 1.87. The van der Waals surface area contributed by atoms with E-state index in [1.165, 1.54) is 0 Å². The summed E-state index contributed by atoms with van der Waals surface area (Å²) in [6, 6.07) is 0.251. The van der Waals surface area contributed by atoms with E-state index < -0.39 is 6.10 Å². The first-order chi connectivity index (χ1) is 6.20. The molecule has 0 aromatic heterocycles. The standard InChI is InChI=1S/C9H22N2O2/c1-3-4-13-7-9(12)6-11-8(2)5-10/h8-9,11-12H,3-7,10H2,1-2H3. The van der Waals surface area contributed by atoms with Crippen LogP contribution < -0.4 is 11.1 Å². The van der Waals surface area contributed by atoms with Gasteiger partial charge in [0.1, 0.15) is 0 Å². The van der Waals surface area contributed by atoms with Crippen LogP contribution in [0.15, 0.2) is 0 Å². The minimum atomic E-state index is -0.430. The van der Waals surface area contributed by atoms with Gasteiger partial charge >= 0.3 is 0 Å². The van der Waals surface area contributed by atoms with Crippen LogP contribution >= 0.6 is 0 Å². The third-order valence-electron chi connectivity index (χ3n) is 1.71. The van der Waals surface area contributed by atoms with Crippen molar-refractivity contribution >= 4 is 0 Å². The number of aliphatic hydroxyl groups excluding tert-OH is 1. The molecule has 0 amide bonds. The lowest BCUT2D eigenvalue weighted by Crippen LogP contribution is -2.39. The van der Waals surface area contributed by atoms with Gasteiger partial charge < -0.3 is 20.9 Å². The van der Waals surface area contributed by atoms with Gasteiger partial charge in [0.05, 0.1) is 12.7 Å².